The van der Waals surface area contributed by atoms with Gasteiger partial charge >= 0.3 is 6.03 Å². The van der Waals surface area contributed by atoms with Gasteiger partial charge in [0.1, 0.15) is 0 Å². The van der Waals surface area contributed by atoms with Crippen molar-refractivity contribution in [3.63, 3.8) is 0 Å². The Hall–Kier alpha value is -0.780. The molecule has 1 heterocycles. The molecule has 1 atom stereocenters. The Labute approximate surface area is 123 Å². The van der Waals surface area contributed by atoms with E-state index in [-0.39, 0.29) is 23.6 Å². The number of carbonyl (C=O) groups is 1. The van der Waals surface area contributed by atoms with Gasteiger partial charge in [0, 0.05) is 19.1 Å². The first kappa shape index (κ1) is 17.3. The number of urea groups is 1. The number of amides is 2. The van der Waals surface area contributed by atoms with Gasteiger partial charge in [-0.3, -0.25) is 0 Å². The Kier molecular flexibility index (Phi) is 5.86. The highest BCUT2D eigenvalue weighted by atomic mass is 32.2. The molecule has 1 fully saturated rings. The number of rotatable bonds is 4. The van der Waals surface area contributed by atoms with Crippen molar-refractivity contribution < 1.29 is 13.2 Å². The van der Waals surface area contributed by atoms with Gasteiger partial charge < -0.3 is 10.2 Å². The van der Waals surface area contributed by atoms with E-state index in [9.17, 15) is 13.2 Å². The van der Waals surface area contributed by atoms with Gasteiger partial charge in [-0.1, -0.05) is 27.2 Å². The Balaban J connectivity index is 2.27. The van der Waals surface area contributed by atoms with Crippen LogP contribution in [0.25, 0.3) is 0 Å². The zero-order chi connectivity index (χ0) is 15.4. The first-order chi connectivity index (χ1) is 9.11. The molecule has 2 amide bonds. The summed E-state index contributed by atoms with van der Waals surface area (Å²) in [7, 11) is -2.97. The molecule has 0 aliphatic carbocycles. The van der Waals surface area contributed by atoms with E-state index >= 15 is 0 Å². The number of hydrogen-bond acceptors (Lipinski definition) is 3. The van der Waals surface area contributed by atoms with E-state index in [2.05, 4.69) is 26.1 Å². The lowest BCUT2D eigenvalue weighted by molar-refractivity contribution is 0.185. The molecule has 1 unspecified atom stereocenters. The first-order valence-electron chi connectivity index (χ1n) is 7.36. The molecule has 0 aromatic rings. The monoisotopic (exact) mass is 304 g/mol. The van der Waals surface area contributed by atoms with Gasteiger partial charge in [0.2, 0.25) is 0 Å². The summed E-state index contributed by atoms with van der Waals surface area (Å²) in [4.78, 5) is 13.6. The number of nitrogens with zero attached hydrogens (tertiary/aromatic N) is 1. The van der Waals surface area contributed by atoms with Crippen molar-refractivity contribution in [1.82, 2.24) is 10.2 Å². The van der Waals surface area contributed by atoms with Crippen molar-refractivity contribution >= 4 is 15.9 Å². The van der Waals surface area contributed by atoms with Gasteiger partial charge in [-0.25, -0.2) is 13.2 Å². The molecule has 6 heteroatoms. The fourth-order valence-electron chi connectivity index (χ4n) is 2.38. The summed E-state index contributed by atoms with van der Waals surface area (Å²) in [6.07, 6.45) is 3.19. The molecular formula is C14H28N2O3S. The minimum absolute atomic E-state index is 0.0739. The van der Waals surface area contributed by atoms with E-state index in [1.807, 2.05) is 0 Å². The van der Waals surface area contributed by atoms with Crippen molar-refractivity contribution in [3.8, 4) is 0 Å². The fourth-order valence-corrected chi connectivity index (χ4v) is 3.93. The van der Waals surface area contributed by atoms with E-state index in [0.717, 1.165) is 19.3 Å². The molecule has 20 heavy (non-hydrogen) atoms. The maximum absolute atomic E-state index is 12.0. The third kappa shape index (κ3) is 6.11. The normalized spacial score (nSPS) is 22.6. The predicted molar refractivity (Wildman–Crippen MR) is 81.5 cm³/mol. The highest BCUT2D eigenvalue weighted by Gasteiger charge is 2.30. The molecule has 1 N–H and O–H groups in total. The lowest BCUT2D eigenvalue weighted by Gasteiger charge is -2.33. The van der Waals surface area contributed by atoms with Crippen molar-refractivity contribution in [2.75, 3.05) is 24.6 Å². The van der Waals surface area contributed by atoms with Crippen LogP contribution in [0.4, 0.5) is 4.79 Å². The average Bonchev–Trinajstić information content (AvgIpc) is 2.25. The van der Waals surface area contributed by atoms with Gasteiger partial charge in [0.25, 0.3) is 0 Å². The van der Waals surface area contributed by atoms with Crippen LogP contribution in [0.2, 0.25) is 0 Å². The second-order valence-corrected chi connectivity index (χ2v) is 9.14. The molecule has 1 aliphatic rings. The lowest BCUT2D eigenvalue weighted by atomic mass is 9.90. The minimum Gasteiger partial charge on any atom is -0.338 e. The first-order valence-corrected chi connectivity index (χ1v) is 9.18. The van der Waals surface area contributed by atoms with Gasteiger partial charge in [-0.2, -0.15) is 0 Å². The zero-order valence-corrected chi connectivity index (χ0v) is 13.9. The summed E-state index contributed by atoms with van der Waals surface area (Å²) in [5.41, 5.74) is 0.333. The second kappa shape index (κ2) is 6.78. The van der Waals surface area contributed by atoms with Gasteiger partial charge in [0.15, 0.2) is 9.84 Å². The van der Waals surface area contributed by atoms with E-state index in [4.69, 9.17) is 0 Å². The van der Waals surface area contributed by atoms with Gasteiger partial charge in [-0.15, -0.1) is 0 Å². The van der Waals surface area contributed by atoms with Crippen molar-refractivity contribution in [2.45, 2.75) is 53.0 Å². The average molecular weight is 304 g/mol. The van der Waals surface area contributed by atoms with Crippen LogP contribution < -0.4 is 5.32 Å². The smallest absolute Gasteiger partial charge is 0.317 e. The third-order valence-electron chi connectivity index (χ3n) is 3.56. The van der Waals surface area contributed by atoms with Crippen LogP contribution in [0.1, 0.15) is 47.0 Å². The van der Waals surface area contributed by atoms with Crippen molar-refractivity contribution in [3.05, 3.63) is 0 Å². The van der Waals surface area contributed by atoms with Crippen LogP contribution in [-0.2, 0) is 9.84 Å². The van der Waals surface area contributed by atoms with E-state index in [0.29, 0.717) is 18.5 Å². The van der Waals surface area contributed by atoms with Crippen LogP contribution in [0.15, 0.2) is 0 Å². The summed E-state index contributed by atoms with van der Waals surface area (Å²) in [5, 5.41) is 2.89. The summed E-state index contributed by atoms with van der Waals surface area (Å²) >= 11 is 0. The quantitative estimate of drug-likeness (QED) is 0.808. The Morgan fingerprint density at radius 1 is 1.30 bits per heavy atom. The molecule has 0 radical (unpaired) electrons. The highest BCUT2D eigenvalue weighted by Crippen LogP contribution is 2.21. The number of carbonyl (C=O) groups excluding carboxylic acids is 1. The number of unbranched alkanes of at least 4 members (excludes halogenated alkanes) is 1. The van der Waals surface area contributed by atoms with Crippen LogP contribution in [0, 0.1) is 5.41 Å². The highest BCUT2D eigenvalue weighted by molar-refractivity contribution is 7.91. The topological polar surface area (TPSA) is 66.5 Å². The molecule has 0 saturated carbocycles. The Morgan fingerprint density at radius 2 is 1.95 bits per heavy atom. The fraction of sp³-hybridized carbons (Fsp3) is 0.929. The largest absolute Gasteiger partial charge is 0.338 e. The maximum atomic E-state index is 12.0. The number of hydrogen-bond donors (Lipinski definition) is 1. The summed E-state index contributed by atoms with van der Waals surface area (Å²) in [6.45, 7) is 9.38. The maximum Gasteiger partial charge on any atom is 0.317 e. The Bertz CT molecular complexity index is 426. The van der Waals surface area contributed by atoms with E-state index in [1.165, 1.54) is 0 Å². The molecule has 1 rings (SSSR count). The predicted octanol–water partition coefficient (Wildman–Crippen LogP) is 2.03. The molecule has 118 valence electrons. The molecule has 0 spiro atoms. The molecule has 0 aromatic heterocycles. The summed E-state index contributed by atoms with van der Waals surface area (Å²) in [5.74, 6) is 0.152. The van der Waals surface area contributed by atoms with Crippen LogP contribution in [0.5, 0.6) is 0 Å². The summed E-state index contributed by atoms with van der Waals surface area (Å²) < 4.78 is 22.9. The Morgan fingerprint density at radius 3 is 2.50 bits per heavy atom. The van der Waals surface area contributed by atoms with E-state index < -0.39 is 9.84 Å². The zero-order valence-electron chi connectivity index (χ0n) is 13.1. The number of sulfone groups is 1. The molecule has 0 aromatic carbocycles. The minimum atomic E-state index is -2.97. The van der Waals surface area contributed by atoms with Gasteiger partial charge in [-0.05, 0) is 25.2 Å². The molecule has 5 nitrogen and oxygen atoms in total. The van der Waals surface area contributed by atoms with Crippen LogP contribution >= 0.6 is 0 Å². The van der Waals surface area contributed by atoms with Crippen LogP contribution in [0.3, 0.4) is 0 Å². The van der Waals surface area contributed by atoms with Crippen molar-refractivity contribution in [1.29, 1.82) is 0 Å². The second-order valence-electron chi connectivity index (χ2n) is 6.91. The third-order valence-corrected chi connectivity index (χ3v) is 5.36. The molecule has 1 aliphatic heterocycles. The van der Waals surface area contributed by atoms with Crippen molar-refractivity contribution in [2.24, 2.45) is 5.41 Å². The van der Waals surface area contributed by atoms with Crippen LogP contribution in [-0.4, -0.2) is 50.0 Å². The summed E-state index contributed by atoms with van der Waals surface area (Å²) in [6, 6.07) is -0.369. The number of nitrogens with one attached hydrogen (secondary N) is 1. The molecule has 1 saturated heterocycles. The van der Waals surface area contributed by atoms with Gasteiger partial charge in [0.05, 0.1) is 11.5 Å². The molecular weight excluding hydrogens is 276 g/mol. The molecule has 0 bridgehead atoms. The lowest BCUT2D eigenvalue weighted by Crippen LogP contribution is -2.53. The van der Waals surface area contributed by atoms with E-state index in [1.54, 1.807) is 11.8 Å². The standard InChI is InChI=1S/C14H28N2O3S/c1-12-11-20(18,19)10-9-16(12)13(17)15-8-6-5-7-14(2,3)4/h12H,5-11H2,1-4H3,(H,15,17). The SMILES string of the molecule is CC1CS(=O)(=O)CCN1C(=O)NCCCCC(C)(C)C.